The van der Waals surface area contributed by atoms with Crippen molar-refractivity contribution in [1.82, 2.24) is 0 Å². The van der Waals surface area contributed by atoms with Gasteiger partial charge in [0, 0.05) is 16.7 Å². The summed E-state index contributed by atoms with van der Waals surface area (Å²) < 4.78 is 5.34. The van der Waals surface area contributed by atoms with Gasteiger partial charge in [-0.1, -0.05) is 23.7 Å². The Bertz CT molecular complexity index is 726. The molecule has 6 heteroatoms. The van der Waals surface area contributed by atoms with Crippen LogP contribution in [-0.2, 0) is 6.42 Å². The van der Waals surface area contributed by atoms with E-state index in [0.29, 0.717) is 17.2 Å². The molecule has 2 aromatic carbocycles. The number of nitrogens with zero attached hydrogens (tertiary/aromatic N) is 1. The van der Waals surface area contributed by atoms with E-state index in [1.807, 2.05) is 6.92 Å². The molecule has 1 N–H and O–H groups in total. The number of benzene rings is 2. The van der Waals surface area contributed by atoms with Crippen LogP contribution in [0.2, 0.25) is 5.02 Å². The zero-order chi connectivity index (χ0) is 16.8. The molecule has 2 aromatic rings. The summed E-state index contributed by atoms with van der Waals surface area (Å²) in [6.07, 6.45) is 1.46. The van der Waals surface area contributed by atoms with Crippen LogP contribution in [0.1, 0.15) is 18.1 Å². The van der Waals surface area contributed by atoms with Crippen LogP contribution in [0.5, 0.6) is 11.5 Å². The Morgan fingerprint density at radius 3 is 2.61 bits per heavy atom. The van der Waals surface area contributed by atoms with Crippen LogP contribution >= 0.6 is 11.6 Å². The highest BCUT2D eigenvalue weighted by atomic mass is 35.5. The van der Waals surface area contributed by atoms with Gasteiger partial charge in [0.1, 0.15) is 11.5 Å². The number of allylic oxidation sites excluding steroid dienone is 1. The maximum Gasteiger partial charge on any atom is 0.251 e. The van der Waals surface area contributed by atoms with Crippen LogP contribution in [0, 0.1) is 10.1 Å². The molecule has 0 saturated heterocycles. The third kappa shape index (κ3) is 4.72. The van der Waals surface area contributed by atoms with Crippen LogP contribution in [-0.4, -0.2) is 16.6 Å². The molecule has 0 fully saturated rings. The molecule has 5 nitrogen and oxygen atoms in total. The third-order valence-corrected chi connectivity index (χ3v) is 3.40. The standard InChI is InChI=1S/C17H16ClNO4/c1-2-23-16-6-3-12(4-7-16)9-15(19(21)22)11-13-10-14(18)5-8-17(13)20/h3-8,10-11,20H,2,9H2,1H3. The summed E-state index contributed by atoms with van der Waals surface area (Å²) in [5.74, 6) is 0.663. The smallest absolute Gasteiger partial charge is 0.251 e. The highest BCUT2D eigenvalue weighted by Crippen LogP contribution is 2.25. The number of rotatable bonds is 6. The summed E-state index contributed by atoms with van der Waals surface area (Å²) in [6.45, 7) is 2.45. The second-order valence-corrected chi connectivity index (χ2v) is 5.29. The maximum atomic E-state index is 11.3. The molecule has 0 aliphatic carbocycles. The van der Waals surface area contributed by atoms with Gasteiger partial charge in [0.25, 0.3) is 5.70 Å². The Balaban J connectivity index is 2.26. The van der Waals surface area contributed by atoms with Crippen LogP contribution in [0.4, 0.5) is 0 Å². The number of phenolic OH excluding ortho intramolecular Hbond substituents is 1. The maximum absolute atomic E-state index is 11.3. The minimum Gasteiger partial charge on any atom is -0.507 e. The van der Waals surface area contributed by atoms with Gasteiger partial charge in [0.2, 0.25) is 0 Å². The van der Waals surface area contributed by atoms with Crippen molar-refractivity contribution in [2.45, 2.75) is 13.3 Å². The predicted molar refractivity (Wildman–Crippen MR) is 89.4 cm³/mol. The minimum atomic E-state index is -0.462. The van der Waals surface area contributed by atoms with E-state index in [2.05, 4.69) is 0 Å². The summed E-state index contributed by atoms with van der Waals surface area (Å²) >= 11 is 5.86. The van der Waals surface area contributed by atoms with Crippen molar-refractivity contribution in [2.24, 2.45) is 0 Å². The lowest BCUT2D eigenvalue weighted by molar-refractivity contribution is -0.425. The zero-order valence-electron chi connectivity index (χ0n) is 12.5. The number of hydrogen-bond donors (Lipinski definition) is 1. The van der Waals surface area contributed by atoms with Crippen molar-refractivity contribution >= 4 is 17.7 Å². The molecule has 120 valence electrons. The summed E-state index contributed by atoms with van der Waals surface area (Å²) in [5, 5.41) is 21.5. The van der Waals surface area contributed by atoms with E-state index in [1.54, 1.807) is 24.3 Å². The van der Waals surface area contributed by atoms with Gasteiger partial charge in [-0.2, -0.15) is 0 Å². The summed E-state index contributed by atoms with van der Waals surface area (Å²) in [4.78, 5) is 10.8. The van der Waals surface area contributed by atoms with Crippen LogP contribution in [0.15, 0.2) is 48.2 Å². The van der Waals surface area contributed by atoms with Gasteiger partial charge in [-0.05, 0) is 42.8 Å². The second-order valence-electron chi connectivity index (χ2n) is 4.85. The fourth-order valence-electron chi connectivity index (χ4n) is 2.07. The van der Waals surface area contributed by atoms with Gasteiger partial charge in [0.15, 0.2) is 0 Å². The van der Waals surface area contributed by atoms with Crippen molar-refractivity contribution in [2.75, 3.05) is 6.61 Å². The SMILES string of the molecule is CCOc1ccc(CC(=Cc2cc(Cl)ccc2O)[N+](=O)[O-])cc1. The highest BCUT2D eigenvalue weighted by molar-refractivity contribution is 6.30. The number of phenols is 1. The first-order valence-corrected chi connectivity index (χ1v) is 7.42. The first kappa shape index (κ1) is 16.8. The van der Waals surface area contributed by atoms with Crippen molar-refractivity contribution in [3.63, 3.8) is 0 Å². The molecule has 0 amide bonds. The largest absolute Gasteiger partial charge is 0.507 e. The van der Waals surface area contributed by atoms with Gasteiger partial charge in [0.05, 0.1) is 18.0 Å². The first-order valence-electron chi connectivity index (χ1n) is 7.05. The molecular weight excluding hydrogens is 318 g/mol. The van der Waals surface area contributed by atoms with E-state index in [-0.39, 0.29) is 17.9 Å². The Morgan fingerprint density at radius 2 is 2.00 bits per heavy atom. The summed E-state index contributed by atoms with van der Waals surface area (Å²) in [7, 11) is 0. The van der Waals surface area contributed by atoms with Crippen LogP contribution in [0.3, 0.4) is 0 Å². The normalized spacial score (nSPS) is 11.3. The van der Waals surface area contributed by atoms with Gasteiger partial charge in [-0.25, -0.2) is 0 Å². The zero-order valence-corrected chi connectivity index (χ0v) is 13.3. The second kappa shape index (κ2) is 7.65. The molecule has 0 aliphatic rings. The average molecular weight is 334 g/mol. The molecule has 0 saturated carbocycles. The molecule has 0 aliphatic heterocycles. The van der Waals surface area contributed by atoms with E-state index >= 15 is 0 Å². The van der Waals surface area contributed by atoms with Crippen molar-refractivity contribution in [3.05, 3.63) is 74.4 Å². The molecule has 0 bridgehead atoms. The molecular formula is C17H16ClNO4. The minimum absolute atomic E-state index is 0.0354. The lowest BCUT2D eigenvalue weighted by atomic mass is 10.1. The predicted octanol–water partition coefficient (Wildman–Crippen LogP) is 4.30. The van der Waals surface area contributed by atoms with Crippen LogP contribution < -0.4 is 4.74 Å². The van der Waals surface area contributed by atoms with E-state index in [4.69, 9.17) is 16.3 Å². The lowest BCUT2D eigenvalue weighted by Crippen LogP contribution is -2.02. The quantitative estimate of drug-likeness (QED) is 0.631. The molecule has 0 aromatic heterocycles. The summed E-state index contributed by atoms with van der Waals surface area (Å²) in [5.41, 5.74) is 1.06. The molecule has 0 atom stereocenters. The van der Waals surface area contributed by atoms with Gasteiger partial charge >= 0.3 is 0 Å². The topological polar surface area (TPSA) is 72.6 Å². The Morgan fingerprint density at radius 1 is 1.30 bits per heavy atom. The number of halogens is 1. The summed E-state index contributed by atoms with van der Waals surface area (Å²) in [6, 6.07) is 11.5. The van der Waals surface area contributed by atoms with E-state index in [9.17, 15) is 15.2 Å². The van der Waals surface area contributed by atoms with E-state index < -0.39 is 4.92 Å². The Kier molecular flexibility index (Phi) is 5.60. The monoisotopic (exact) mass is 333 g/mol. The molecule has 2 rings (SSSR count). The number of aromatic hydroxyl groups is 1. The molecule has 0 radical (unpaired) electrons. The molecule has 0 unspecified atom stereocenters. The molecule has 23 heavy (non-hydrogen) atoms. The van der Waals surface area contributed by atoms with Crippen molar-refractivity contribution < 1.29 is 14.8 Å². The average Bonchev–Trinajstić information content (AvgIpc) is 2.52. The number of nitro groups is 1. The number of ether oxygens (including phenoxy) is 1. The Hall–Kier alpha value is -2.53. The van der Waals surface area contributed by atoms with E-state index in [0.717, 1.165) is 11.3 Å². The molecule has 0 spiro atoms. The van der Waals surface area contributed by atoms with E-state index in [1.165, 1.54) is 24.3 Å². The van der Waals surface area contributed by atoms with Crippen molar-refractivity contribution in [3.8, 4) is 11.5 Å². The first-order chi connectivity index (χ1) is 11.0. The Labute approximate surface area is 138 Å². The van der Waals surface area contributed by atoms with Crippen LogP contribution in [0.25, 0.3) is 6.08 Å². The number of hydrogen-bond acceptors (Lipinski definition) is 4. The lowest BCUT2D eigenvalue weighted by Gasteiger charge is -2.05. The fourth-order valence-corrected chi connectivity index (χ4v) is 2.25. The molecule has 0 heterocycles. The third-order valence-electron chi connectivity index (χ3n) is 3.17. The van der Waals surface area contributed by atoms with Gasteiger partial charge in [-0.3, -0.25) is 10.1 Å². The van der Waals surface area contributed by atoms with Gasteiger partial charge < -0.3 is 9.84 Å². The highest BCUT2D eigenvalue weighted by Gasteiger charge is 2.14. The van der Waals surface area contributed by atoms with Crippen molar-refractivity contribution in [1.29, 1.82) is 0 Å². The fraction of sp³-hybridized carbons (Fsp3) is 0.176. The van der Waals surface area contributed by atoms with Gasteiger partial charge in [-0.15, -0.1) is 0 Å².